The number of sulfonamides is 1. The Balaban J connectivity index is 1.71. The lowest BCUT2D eigenvalue weighted by molar-refractivity contribution is -0.0509. The van der Waals surface area contributed by atoms with E-state index < -0.39 is 33.5 Å². The number of amides is 1. The molecule has 1 saturated heterocycles. The molecular formula is C32H40FN3O5S. The zero-order chi connectivity index (χ0) is 30.3. The maximum absolute atomic E-state index is 15.6. The van der Waals surface area contributed by atoms with Crippen LogP contribution in [0.25, 0.3) is 11.1 Å². The van der Waals surface area contributed by atoms with Gasteiger partial charge in [0.15, 0.2) is 0 Å². The molecule has 1 heterocycles. The van der Waals surface area contributed by atoms with Gasteiger partial charge in [0.2, 0.25) is 10.0 Å². The minimum Gasteiger partial charge on any atom is -0.453 e. The van der Waals surface area contributed by atoms with Crippen LogP contribution in [0.4, 0.5) is 9.18 Å². The number of carbonyl (C=O) groups excluding carboxylic acids is 1. The highest BCUT2D eigenvalue weighted by molar-refractivity contribution is 7.89. The summed E-state index contributed by atoms with van der Waals surface area (Å²) >= 11 is 0. The number of alkyl carbamates (subject to hydrolysis) is 1. The van der Waals surface area contributed by atoms with E-state index in [9.17, 15) is 18.3 Å². The van der Waals surface area contributed by atoms with Crippen LogP contribution in [-0.4, -0.2) is 57.7 Å². The number of methoxy groups -OCH3 is 1. The number of aliphatic hydroxyl groups is 1. The molecule has 3 aromatic carbocycles. The SMILES string of the molecule is CNCc1ccc(S(=O)(=O)N2CCCC(C(O)(CCCNC(=O)OC)c3cccc(F)c3-c3cccc(C)c3)C2)cc1. The molecule has 226 valence electrons. The first-order valence-electron chi connectivity index (χ1n) is 14.2. The van der Waals surface area contributed by atoms with Gasteiger partial charge in [0, 0.05) is 37.7 Å². The highest BCUT2D eigenvalue weighted by atomic mass is 32.2. The number of piperidine rings is 1. The lowest BCUT2D eigenvalue weighted by atomic mass is 9.72. The van der Waals surface area contributed by atoms with Gasteiger partial charge in [0.1, 0.15) is 5.82 Å². The number of nitrogens with one attached hydrogen (secondary N) is 2. The summed E-state index contributed by atoms with van der Waals surface area (Å²) in [5, 5.41) is 18.3. The second kappa shape index (κ2) is 13.8. The quantitative estimate of drug-likeness (QED) is 0.270. The van der Waals surface area contributed by atoms with E-state index in [4.69, 9.17) is 0 Å². The van der Waals surface area contributed by atoms with E-state index in [2.05, 4.69) is 15.4 Å². The maximum Gasteiger partial charge on any atom is 0.406 e. The molecule has 1 fully saturated rings. The van der Waals surface area contributed by atoms with E-state index in [1.54, 1.807) is 36.4 Å². The van der Waals surface area contributed by atoms with E-state index in [1.165, 1.54) is 17.5 Å². The largest absolute Gasteiger partial charge is 0.453 e. The van der Waals surface area contributed by atoms with Gasteiger partial charge in [0.25, 0.3) is 0 Å². The molecule has 0 radical (unpaired) electrons. The number of hydrogen-bond acceptors (Lipinski definition) is 6. The molecular weight excluding hydrogens is 557 g/mol. The van der Waals surface area contributed by atoms with E-state index in [1.807, 2.05) is 38.2 Å². The van der Waals surface area contributed by atoms with E-state index in [0.717, 1.165) is 11.1 Å². The van der Waals surface area contributed by atoms with Crippen molar-refractivity contribution in [2.75, 3.05) is 33.8 Å². The molecule has 1 aliphatic rings. The summed E-state index contributed by atoms with van der Waals surface area (Å²) in [5.74, 6) is -0.987. The Kier molecular flexibility index (Phi) is 10.4. The normalized spacial score (nSPS) is 17.4. The van der Waals surface area contributed by atoms with Crippen LogP contribution in [-0.2, 0) is 26.9 Å². The average molecular weight is 598 g/mol. The van der Waals surface area contributed by atoms with Crippen LogP contribution in [0.15, 0.2) is 71.6 Å². The lowest BCUT2D eigenvalue weighted by Crippen LogP contribution is -2.48. The molecule has 3 aromatic rings. The second-order valence-corrected chi connectivity index (χ2v) is 12.8. The Morgan fingerprint density at radius 3 is 2.57 bits per heavy atom. The topological polar surface area (TPSA) is 108 Å². The third kappa shape index (κ3) is 7.00. The average Bonchev–Trinajstić information content (AvgIpc) is 2.99. The molecule has 0 bridgehead atoms. The molecule has 8 nitrogen and oxygen atoms in total. The van der Waals surface area contributed by atoms with E-state index in [0.29, 0.717) is 49.0 Å². The Labute approximate surface area is 248 Å². The van der Waals surface area contributed by atoms with Crippen molar-refractivity contribution in [3.05, 3.63) is 89.2 Å². The molecule has 0 aliphatic carbocycles. The molecule has 1 aliphatic heterocycles. The fraction of sp³-hybridized carbons (Fsp3) is 0.406. The second-order valence-electron chi connectivity index (χ2n) is 10.9. The first-order valence-corrected chi connectivity index (χ1v) is 15.7. The highest BCUT2D eigenvalue weighted by Gasteiger charge is 2.44. The number of benzene rings is 3. The van der Waals surface area contributed by atoms with Crippen LogP contribution in [0.3, 0.4) is 0 Å². The number of ether oxygens (including phenoxy) is 1. The van der Waals surface area contributed by atoms with Gasteiger partial charge in [-0.25, -0.2) is 17.6 Å². The van der Waals surface area contributed by atoms with Gasteiger partial charge in [-0.2, -0.15) is 4.31 Å². The highest BCUT2D eigenvalue weighted by Crippen LogP contribution is 2.45. The van der Waals surface area contributed by atoms with Crippen LogP contribution < -0.4 is 10.6 Å². The summed E-state index contributed by atoms with van der Waals surface area (Å²) in [4.78, 5) is 11.8. The number of carbonyl (C=O) groups is 1. The fourth-order valence-corrected chi connectivity index (χ4v) is 7.36. The Hall–Kier alpha value is -3.31. The van der Waals surface area contributed by atoms with Crippen molar-refractivity contribution in [1.82, 2.24) is 14.9 Å². The number of nitrogens with zero attached hydrogens (tertiary/aromatic N) is 1. The molecule has 3 N–H and O–H groups in total. The first-order chi connectivity index (χ1) is 20.1. The predicted octanol–water partition coefficient (Wildman–Crippen LogP) is 4.95. The Morgan fingerprint density at radius 1 is 1.14 bits per heavy atom. The van der Waals surface area contributed by atoms with E-state index >= 15 is 4.39 Å². The van der Waals surface area contributed by atoms with Gasteiger partial charge in [-0.3, -0.25) is 0 Å². The molecule has 0 spiro atoms. The standard InChI is InChI=1S/C32H40FN3O5S/c1-23-8-4-9-25(20-23)30-28(11-5-12-29(30)33)32(38,17-7-18-35-31(37)41-3)26-10-6-19-36(22-26)42(39,40)27-15-13-24(14-16-27)21-34-2/h4-5,8-9,11-16,20,26,34,38H,6-7,10,17-19,21-22H2,1-3H3,(H,35,37). The van der Waals surface area contributed by atoms with Gasteiger partial charge in [-0.05, 0) is 74.5 Å². The zero-order valence-electron chi connectivity index (χ0n) is 24.4. The minimum absolute atomic E-state index is 0.0747. The molecule has 10 heteroatoms. The van der Waals surface area contributed by atoms with Crippen LogP contribution in [0.1, 0.15) is 42.4 Å². The van der Waals surface area contributed by atoms with Crippen molar-refractivity contribution in [2.45, 2.75) is 49.6 Å². The van der Waals surface area contributed by atoms with Crippen molar-refractivity contribution in [2.24, 2.45) is 5.92 Å². The zero-order valence-corrected chi connectivity index (χ0v) is 25.2. The molecule has 42 heavy (non-hydrogen) atoms. The first kappa shape index (κ1) is 31.6. The summed E-state index contributed by atoms with van der Waals surface area (Å²) < 4.78 is 49.1. The minimum atomic E-state index is -3.83. The summed E-state index contributed by atoms with van der Waals surface area (Å²) in [6, 6.07) is 18.9. The summed E-state index contributed by atoms with van der Waals surface area (Å²) in [7, 11) is -0.728. The maximum atomic E-state index is 15.6. The van der Waals surface area contributed by atoms with Crippen molar-refractivity contribution in [3.8, 4) is 11.1 Å². The Bertz CT molecular complexity index is 1480. The number of hydrogen-bond donors (Lipinski definition) is 3. The summed E-state index contributed by atoms with van der Waals surface area (Å²) in [5.41, 5.74) is 1.68. The van der Waals surface area contributed by atoms with Crippen molar-refractivity contribution in [1.29, 1.82) is 0 Å². The smallest absolute Gasteiger partial charge is 0.406 e. The monoisotopic (exact) mass is 597 g/mol. The van der Waals surface area contributed by atoms with Gasteiger partial charge in [0.05, 0.1) is 17.6 Å². The molecule has 2 atom stereocenters. The number of rotatable bonds is 11. The van der Waals surface area contributed by atoms with Crippen LogP contribution in [0, 0.1) is 18.7 Å². The number of aryl methyl sites for hydroxylation is 1. The van der Waals surface area contributed by atoms with Crippen molar-refractivity contribution >= 4 is 16.1 Å². The van der Waals surface area contributed by atoms with Gasteiger partial charge >= 0.3 is 6.09 Å². The lowest BCUT2D eigenvalue weighted by Gasteiger charge is -2.43. The van der Waals surface area contributed by atoms with Crippen LogP contribution in [0.5, 0.6) is 0 Å². The summed E-state index contributed by atoms with van der Waals surface area (Å²) in [6.07, 6.45) is 1.06. The summed E-state index contributed by atoms with van der Waals surface area (Å²) in [6.45, 7) is 3.18. The van der Waals surface area contributed by atoms with Gasteiger partial charge < -0.3 is 20.5 Å². The third-order valence-corrected chi connectivity index (χ3v) is 9.86. The number of halogens is 1. The van der Waals surface area contributed by atoms with E-state index in [-0.39, 0.29) is 24.4 Å². The van der Waals surface area contributed by atoms with Crippen molar-refractivity contribution < 1.29 is 27.4 Å². The molecule has 0 aromatic heterocycles. The van der Waals surface area contributed by atoms with Crippen molar-refractivity contribution in [3.63, 3.8) is 0 Å². The predicted molar refractivity (Wildman–Crippen MR) is 161 cm³/mol. The van der Waals surface area contributed by atoms with Gasteiger partial charge in [-0.1, -0.05) is 54.1 Å². The van der Waals surface area contributed by atoms with Gasteiger partial charge in [-0.15, -0.1) is 0 Å². The fourth-order valence-electron chi connectivity index (χ4n) is 5.84. The molecule has 0 saturated carbocycles. The molecule has 4 rings (SSSR count). The molecule has 2 unspecified atom stereocenters. The molecule has 1 amide bonds. The Morgan fingerprint density at radius 2 is 1.88 bits per heavy atom. The van der Waals surface area contributed by atoms with Crippen LogP contribution >= 0.6 is 0 Å². The third-order valence-electron chi connectivity index (χ3n) is 7.98. The van der Waals surface area contributed by atoms with Crippen LogP contribution in [0.2, 0.25) is 0 Å².